The molecule has 1 amide bonds. The minimum Gasteiger partial charge on any atom is -0.478 e. The standard InChI is InChI=1S/C29H24N4O3/c1-19(21-7-3-2-4-8-21)30-28(34)23-15-16-27-26(17-23)31-32-33(27)18-20-11-13-22(14-12-20)24-9-5-6-10-25(24)29(35)36/h2-17,19H,18H2,1H3,(H,30,34)(H,35,36)/t19-/m0/s1. The molecule has 0 saturated carbocycles. The van der Waals surface area contributed by atoms with Crippen LogP contribution in [0.5, 0.6) is 0 Å². The van der Waals surface area contributed by atoms with Gasteiger partial charge in [-0.1, -0.05) is 78.0 Å². The summed E-state index contributed by atoms with van der Waals surface area (Å²) in [7, 11) is 0. The predicted molar refractivity (Wildman–Crippen MR) is 138 cm³/mol. The fourth-order valence-electron chi connectivity index (χ4n) is 4.22. The Kier molecular flexibility index (Phi) is 6.28. The summed E-state index contributed by atoms with van der Waals surface area (Å²) in [6, 6.07) is 29.8. The van der Waals surface area contributed by atoms with Crippen LogP contribution in [0.3, 0.4) is 0 Å². The highest BCUT2D eigenvalue weighted by molar-refractivity contribution is 5.97. The van der Waals surface area contributed by atoms with Crippen molar-refractivity contribution in [1.82, 2.24) is 20.3 Å². The molecule has 0 aliphatic rings. The van der Waals surface area contributed by atoms with Gasteiger partial charge >= 0.3 is 5.97 Å². The molecule has 7 nitrogen and oxygen atoms in total. The van der Waals surface area contributed by atoms with Gasteiger partial charge in [0.2, 0.25) is 0 Å². The summed E-state index contributed by atoms with van der Waals surface area (Å²) in [4.78, 5) is 24.3. The van der Waals surface area contributed by atoms with E-state index in [-0.39, 0.29) is 17.5 Å². The van der Waals surface area contributed by atoms with Crippen LogP contribution < -0.4 is 5.32 Å². The second-order valence-corrected chi connectivity index (χ2v) is 8.60. The van der Waals surface area contributed by atoms with E-state index in [1.165, 1.54) is 0 Å². The molecular formula is C29H24N4O3. The van der Waals surface area contributed by atoms with Crippen molar-refractivity contribution in [1.29, 1.82) is 0 Å². The maximum absolute atomic E-state index is 12.8. The van der Waals surface area contributed by atoms with Gasteiger partial charge in [0.05, 0.1) is 23.7 Å². The molecule has 0 fully saturated rings. The van der Waals surface area contributed by atoms with Crippen LogP contribution in [-0.2, 0) is 6.54 Å². The molecule has 5 aromatic rings. The van der Waals surface area contributed by atoms with Crippen LogP contribution in [-0.4, -0.2) is 32.0 Å². The molecule has 0 saturated heterocycles. The fraction of sp³-hybridized carbons (Fsp3) is 0.103. The number of amides is 1. The third-order valence-electron chi connectivity index (χ3n) is 6.18. The molecule has 178 valence electrons. The van der Waals surface area contributed by atoms with E-state index in [0.29, 0.717) is 23.2 Å². The zero-order valence-electron chi connectivity index (χ0n) is 19.6. The van der Waals surface area contributed by atoms with Gasteiger partial charge in [-0.2, -0.15) is 0 Å². The lowest BCUT2D eigenvalue weighted by atomic mass is 9.99. The largest absolute Gasteiger partial charge is 0.478 e. The Balaban J connectivity index is 1.31. The smallest absolute Gasteiger partial charge is 0.336 e. The van der Waals surface area contributed by atoms with E-state index in [9.17, 15) is 14.7 Å². The third-order valence-corrected chi connectivity index (χ3v) is 6.18. The van der Waals surface area contributed by atoms with Gasteiger partial charge in [-0.15, -0.1) is 5.10 Å². The summed E-state index contributed by atoms with van der Waals surface area (Å²) < 4.78 is 1.78. The number of nitrogens with zero attached hydrogens (tertiary/aromatic N) is 3. The molecule has 0 spiro atoms. The van der Waals surface area contributed by atoms with E-state index in [4.69, 9.17) is 0 Å². The molecule has 0 bridgehead atoms. The first-order valence-electron chi connectivity index (χ1n) is 11.6. The van der Waals surface area contributed by atoms with Crippen LogP contribution >= 0.6 is 0 Å². The van der Waals surface area contributed by atoms with Crippen LogP contribution in [0.15, 0.2) is 97.1 Å². The molecule has 7 heteroatoms. The average Bonchev–Trinajstić information content (AvgIpc) is 3.31. The third kappa shape index (κ3) is 4.72. The molecule has 4 aromatic carbocycles. The van der Waals surface area contributed by atoms with Crippen molar-refractivity contribution in [2.24, 2.45) is 0 Å². The van der Waals surface area contributed by atoms with Gasteiger partial charge in [-0.25, -0.2) is 9.48 Å². The Morgan fingerprint density at radius 2 is 1.64 bits per heavy atom. The van der Waals surface area contributed by atoms with Crippen molar-refractivity contribution in [3.05, 3.63) is 119 Å². The van der Waals surface area contributed by atoms with E-state index in [0.717, 1.165) is 22.2 Å². The Hall–Kier alpha value is -4.78. The molecule has 2 N–H and O–H groups in total. The molecule has 36 heavy (non-hydrogen) atoms. The van der Waals surface area contributed by atoms with Crippen molar-refractivity contribution in [3.63, 3.8) is 0 Å². The lowest BCUT2D eigenvalue weighted by Gasteiger charge is -2.14. The Morgan fingerprint density at radius 1 is 0.917 bits per heavy atom. The monoisotopic (exact) mass is 476 g/mol. The van der Waals surface area contributed by atoms with Crippen LogP contribution in [0.25, 0.3) is 22.2 Å². The van der Waals surface area contributed by atoms with E-state index in [1.807, 2.05) is 73.7 Å². The molecule has 0 aliphatic heterocycles. The number of carbonyl (C=O) groups excluding carboxylic acids is 1. The second kappa shape index (κ2) is 9.84. The molecule has 0 aliphatic carbocycles. The Bertz CT molecular complexity index is 1540. The second-order valence-electron chi connectivity index (χ2n) is 8.60. The summed E-state index contributed by atoms with van der Waals surface area (Å²) in [6.07, 6.45) is 0. The van der Waals surface area contributed by atoms with E-state index < -0.39 is 5.97 Å². The summed E-state index contributed by atoms with van der Waals surface area (Å²) in [5.41, 5.74) is 5.80. The molecule has 1 aromatic heterocycles. The number of hydrogen-bond acceptors (Lipinski definition) is 4. The van der Waals surface area contributed by atoms with Crippen molar-refractivity contribution < 1.29 is 14.7 Å². The van der Waals surface area contributed by atoms with E-state index in [1.54, 1.807) is 35.0 Å². The van der Waals surface area contributed by atoms with Gasteiger partial charge < -0.3 is 10.4 Å². The lowest BCUT2D eigenvalue weighted by Crippen LogP contribution is -2.26. The summed E-state index contributed by atoms with van der Waals surface area (Å²) >= 11 is 0. The van der Waals surface area contributed by atoms with Crippen LogP contribution in [0.4, 0.5) is 0 Å². The summed E-state index contributed by atoms with van der Waals surface area (Å²) in [6.45, 7) is 2.45. The number of carbonyl (C=O) groups is 2. The Morgan fingerprint density at radius 3 is 2.39 bits per heavy atom. The van der Waals surface area contributed by atoms with Crippen LogP contribution in [0.2, 0.25) is 0 Å². The van der Waals surface area contributed by atoms with Gasteiger partial charge in [0, 0.05) is 5.56 Å². The van der Waals surface area contributed by atoms with Gasteiger partial charge in [0.25, 0.3) is 5.91 Å². The van der Waals surface area contributed by atoms with Gasteiger partial charge in [-0.3, -0.25) is 4.79 Å². The highest BCUT2D eigenvalue weighted by Crippen LogP contribution is 2.25. The minimum atomic E-state index is -0.952. The molecule has 5 rings (SSSR count). The highest BCUT2D eigenvalue weighted by Gasteiger charge is 2.14. The zero-order valence-corrected chi connectivity index (χ0v) is 19.6. The van der Waals surface area contributed by atoms with Crippen molar-refractivity contribution >= 4 is 22.9 Å². The molecular weight excluding hydrogens is 452 g/mol. The minimum absolute atomic E-state index is 0.115. The number of carboxylic acid groups (broad SMARTS) is 1. The maximum Gasteiger partial charge on any atom is 0.336 e. The number of aromatic nitrogens is 3. The van der Waals surface area contributed by atoms with Crippen molar-refractivity contribution in [2.45, 2.75) is 19.5 Å². The molecule has 1 atom stereocenters. The number of aromatic carboxylic acids is 1. The Labute approximate surface area is 208 Å². The topological polar surface area (TPSA) is 97.1 Å². The number of nitrogens with one attached hydrogen (secondary N) is 1. The number of carboxylic acids is 1. The quantitative estimate of drug-likeness (QED) is 0.331. The number of rotatable bonds is 7. The van der Waals surface area contributed by atoms with Crippen molar-refractivity contribution in [3.8, 4) is 11.1 Å². The number of hydrogen-bond donors (Lipinski definition) is 2. The lowest BCUT2D eigenvalue weighted by molar-refractivity contribution is 0.0697. The summed E-state index contributed by atoms with van der Waals surface area (Å²) in [5, 5.41) is 21.0. The van der Waals surface area contributed by atoms with Gasteiger partial charge in [-0.05, 0) is 53.4 Å². The van der Waals surface area contributed by atoms with Gasteiger partial charge in [0.15, 0.2) is 0 Å². The van der Waals surface area contributed by atoms with Gasteiger partial charge in [0.1, 0.15) is 5.52 Å². The van der Waals surface area contributed by atoms with Crippen LogP contribution in [0.1, 0.15) is 44.8 Å². The molecule has 0 radical (unpaired) electrons. The maximum atomic E-state index is 12.8. The number of fused-ring (bicyclic) bond motifs is 1. The predicted octanol–water partition coefficient (Wildman–Crippen LogP) is 5.34. The first kappa shape index (κ1) is 23.0. The molecule has 0 unspecified atom stereocenters. The first-order chi connectivity index (χ1) is 17.5. The zero-order chi connectivity index (χ0) is 25.1. The highest BCUT2D eigenvalue weighted by atomic mass is 16.4. The first-order valence-corrected chi connectivity index (χ1v) is 11.6. The van der Waals surface area contributed by atoms with E-state index >= 15 is 0 Å². The number of benzene rings is 4. The molecule has 1 heterocycles. The fourth-order valence-corrected chi connectivity index (χ4v) is 4.22. The van der Waals surface area contributed by atoms with E-state index in [2.05, 4.69) is 15.6 Å². The average molecular weight is 477 g/mol. The van der Waals surface area contributed by atoms with Crippen molar-refractivity contribution in [2.75, 3.05) is 0 Å². The normalized spacial score (nSPS) is 11.8. The van der Waals surface area contributed by atoms with Crippen LogP contribution in [0, 0.1) is 0 Å². The summed E-state index contributed by atoms with van der Waals surface area (Å²) in [5.74, 6) is -1.12. The SMILES string of the molecule is C[C@H](NC(=O)c1ccc2c(c1)nnn2Cc1ccc(-c2ccccc2C(=O)O)cc1)c1ccccc1.